The molecule has 1 fully saturated rings. The Balaban J connectivity index is 1.64. The summed E-state index contributed by atoms with van der Waals surface area (Å²) in [6.45, 7) is 6.05. The average Bonchev–Trinajstić information content (AvgIpc) is 3.24. The Kier molecular flexibility index (Phi) is 5.64. The molecule has 2 aromatic carbocycles. The molecular formula is C24H25ClN6O2. The molecule has 1 unspecified atom stereocenters. The van der Waals surface area contributed by atoms with Gasteiger partial charge in [-0.05, 0) is 32.0 Å². The molecule has 2 aromatic heterocycles. The van der Waals surface area contributed by atoms with Crippen LogP contribution in [0.1, 0.15) is 12.5 Å². The molecule has 1 atom stereocenters. The largest absolute Gasteiger partial charge is 0.375 e. The molecule has 3 heterocycles. The molecule has 4 aromatic rings. The number of anilines is 1. The molecular weight excluding hydrogens is 440 g/mol. The third kappa shape index (κ3) is 3.89. The zero-order valence-electron chi connectivity index (χ0n) is 18.8. The Morgan fingerprint density at radius 2 is 1.94 bits per heavy atom. The van der Waals surface area contributed by atoms with Crippen molar-refractivity contribution in [2.45, 2.75) is 19.9 Å². The van der Waals surface area contributed by atoms with Gasteiger partial charge >= 0.3 is 0 Å². The van der Waals surface area contributed by atoms with Crippen LogP contribution in [-0.2, 0) is 9.53 Å². The molecule has 1 aliphatic heterocycles. The lowest BCUT2D eigenvalue weighted by Crippen LogP contribution is -2.55. The lowest BCUT2D eigenvalue weighted by molar-refractivity contribution is -0.137. The first-order chi connectivity index (χ1) is 16.0. The van der Waals surface area contributed by atoms with Crippen molar-refractivity contribution in [2.75, 3.05) is 38.3 Å². The van der Waals surface area contributed by atoms with Gasteiger partial charge in [0.05, 0.1) is 5.52 Å². The molecule has 1 saturated heterocycles. The van der Waals surface area contributed by atoms with E-state index in [9.17, 15) is 4.79 Å². The van der Waals surface area contributed by atoms with Crippen molar-refractivity contribution in [3.05, 3.63) is 53.1 Å². The summed E-state index contributed by atoms with van der Waals surface area (Å²) in [6, 6.07) is 13.8. The van der Waals surface area contributed by atoms with Gasteiger partial charge in [0, 0.05) is 48.8 Å². The fourth-order valence-corrected chi connectivity index (χ4v) is 4.58. The van der Waals surface area contributed by atoms with E-state index in [0.29, 0.717) is 24.7 Å². The van der Waals surface area contributed by atoms with Crippen LogP contribution in [0.3, 0.4) is 0 Å². The van der Waals surface area contributed by atoms with Crippen LogP contribution in [0.25, 0.3) is 27.9 Å². The highest BCUT2D eigenvalue weighted by molar-refractivity contribution is 6.31. The summed E-state index contributed by atoms with van der Waals surface area (Å²) < 4.78 is 7.06. The number of halogens is 1. The number of nitrogens with zero attached hydrogens (tertiary/aromatic N) is 6. The number of aromatic nitrogens is 4. The van der Waals surface area contributed by atoms with Gasteiger partial charge in [0.25, 0.3) is 0 Å². The number of methoxy groups -OCH3 is 1. The predicted molar refractivity (Wildman–Crippen MR) is 129 cm³/mol. The molecule has 0 N–H and O–H groups in total. The van der Waals surface area contributed by atoms with E-state index in [1.807, 2.05) is 46.6 Å². The second kappa shape index (κ2) is 8.61. The quantitative estimate of drug-likeness (QED) is 0.459. The van der Waals surface area contributed by atoms with Gasteiger partial charge in [-0.2, -0.15) is 0 Å². The van der Waals surface area contributed by atoms with Gasteiger partial charge in [0.1, 0.15) is 6.61 Å². The van der Waals surface area contributed by atoms with Crippen LogP contribution in [0.4, 0.5) is 5.95 Å². The van der Waals surface area contributed by atoms with Crippen molar-refractivity contribution in [1.82, 2.24) is 24.5 Å². The summed E-state index contributed by atoms with van der Waals surface area (Å²) in [5.74, 6) is 1.47. The van der Waals surface area contributed by atoms with Gasteiger partial charge in [-0.1, -0.05) is 41.4 Å². The van der Waals surface area contributed by atoms with Crippen LogP contribution >= 0.6 is 11.6 Å². The molecule has 170 valence electrons. The van der Waals surface area contributed by atoms with Crippen LogP contribution < -0.4 is 4.90 Å². The predicted octanol–water partition coefficient (Wildman–Crippen LogP) is 3.59. The lowest BCUT2D eigenvalue weighted by atomic mass is 10.1. The molecule has 0 radical (unpaired) electrons. The fourth-order valence-electron chi connectivity index (χ4n) is 4.41. The number of carbonyl (C=O) groups excluding carboxylic acids is 1. The van der Waals surface area contributed by atoms with Gasteiger partial charge in [-0.25, -0.2) is 9.38 Å². The number of benzene rings is 2. The number of fused-ring (bicyclic) bond motifs is 3. The highest BCUT2D eigenvalue weighted by Crippen LogP contribution is 2.30. The Morgan fingerprint density at radius 1 is 1.15 bits per heavy atom. The van der Waals surface area contributed by atoms with Gasteiger partial charge in [0.2, 0.25) is 11.9 Å². The van der Waals surface area contributed by atoms with Crippen molar-refractivity contribution < 1.29 is 9.53 Å². The van der Waals surface area contributed by atoms with Crippen molar-refractivity contribution in [1.29, 1.82) is 0 Å². The van der Waals surface area contributed by atoms with Crippen molar-refractivity contribution in [3.8, 4) is 11.4 Å². The molecule has 33 heavy (non-hydrogen) atoms. The molecule has 8 nitrogen and oxygen atoms in total. The van der Waals surface area contributed by atoms with Crippen LogP contribution in [0.15, 0.2) is 42.5 Å². The highest BCUT2D eigenvalue weighted by Gasteiger charge is 2.30. The van der Waals surface area contributed by atoms with Crippen LogP contribution in [0, 0.1) is 6.92 Å². The second-order valence-electron chi connectivity index (χ2n) is 8.44. The minimum absolute atomic E-state index is 0.00214. The van der Waals surface area contributed by atoms with E-state index in [0.717, 1.165) is 33.9 Å². The summed E-state index contributed by atoms with van der Waals surface area (Å²) in [6.07, 6.45) is 0. The van der Waals surface area contributed by atoms with Gasteiger partial charge in [-0.3, -0.25) is 4.79 Å². The maximum absolute atomic E-state index is 12.4. The average molecular weight is 465 g/mol. The van der Waals surface area contributed by atoms with Crippen molar-refractivity contribution in [3.63, 3.8) is 0 Å². The lowest BCUT2D eigenvalue weighted by Gasteiger charge is -2.40. The maximum atomic E-state index is 12.4. The number of rotatable bonds is 4. The first-order valence-electron chi connectivity index (χ1n) is 10.9. The Bertz CT molecular complexity index is 1340. The van der Waals surface area contributed by atoms with E-state index in [1.165, 1.54) is 5.56 Å². The molecule has 1 aliphatic rings. The van der Waals surface area contributed by atoms with E-state index < -0.39 is 0 Å². The number of aryl methyl sites for hydroxylation is 1. The molecule has 1 amide bonds. The first kappa shape index (κ1) is 21.6. The normalized spacial score (nSPS) is 16.7. The Labute approximate surface area is 196 Å². The molecule has 9 heteroatoms. The second-order valence-corrected chi connectivity index (χ2v) is 8.87. The van der Waals surface area contributed by atoms with E-state index >= 15 is 0 Å². The van der Waals surface area contributed by atoms with E-state index in [4.69, 9.17) is 21.3 Å². The van der Waals surface area contributed by atoms with E-state index in [-0.39, 0.29) is 18.6 Å². The molecule has 0 bridgehead atoms. The van der Waals surface area contributed by atoms with Gasteiger partial charge in [0.15, 0.2) is 11.5 Å². The van der Waals surface area contributed by atoms with Crippen molar-refractivity contribution in [2.24, 2.45) is 0 Å². The molecule has 0 spiro atoms. The maximum Gasteiger partial charge on any atom is 0.248 e. The van der Waals surface area contributed by atoms with Crippen LogP contribution in [0.2, 0.25) is 5.02 Å². The van der Waals surface area contributed by atoms with Crippen LogP contribution in [0.5, 0.6) is 0 Å². The molecule has 0 aliphatic carbocycles. The van der Waals surface area contributed by atoms with E-state index in [1.54, 1.807) is 7.11 Å². The standard InChI is InChI=1S/C24H25ClN6O2/c1-15-4-6-17(7-5-15)22-27-28-23-19-9-8-18(25)12-20(19)26-24(31(22)23)29-10-11-30(16(2)13-29)21(32)14-33-3/h4-9,12,16H,10-11,13-14H2,1-3H3. The van der Waals surface area contributed by atoms with Gasteiger partial charge in [-0.15, -0.1) is 10.2 Å². The van der Waals surface area contributed by atoms with E-state index in [2.05, 4.69) is 34.2 Å². The van der Waals surface area contributed by atoms with Crippen LogP contribution in [-0.4, -0.2) is 69.8 Å². The number of carbonyl (C=O) groups is 1. The SMILES string of the molecule is COCC(=O)N1CCN(c2nc3cc(Cl)ccc3c3nnc(-c4ccc(C)cc4)n23)CC1C. The third-order valence-corrected chi connectivity index (χ3v) is 6.33. The number of amides is 1. The third-order valence-electron chi connectivity index (χ3n) is 6.09. The van der Waals surface area contributed by atoms with Crippen molar-refractivity contribution >= 4 is 40.0 Å². The number of piperazine rings is 1. The number of ether oxygens (including phenoxy) is 1. The minimum atomic E-state index is -0.00214. The zero-order chi connectivity index (χ0) is 23.1. The number of hydrogen-bond acceptors (Lipinski definition) is 6. The Morgan fingerprint density at radius 3 is 2.67 bits per heavy atom. The highest BCUT2D eigenvalue weighted by atomic mass is 35.5. The molecule has 0 saturated carbocycles. The van der Waals surface area contributed by atoms with Gasteiger partial charge < -0.3 is 14.5 Å². The smallest absolute Gasteiger partial charge is 0.248 e. The summed E-state index contributed by atoms with van der Waals surface area (Å²) >= 11 is 6.28. The monoisotopic (exact) mass is 464 g/mol. The zero-order valence-corrected chi connectivity index (χ0v) is 19.6. The summed E-state index contributed by atoms with van der Waals surface area (Å²) in [4.78, 5) is 21.5. The first-order valence-corrected chi connectivity index (χ1v) is 11.3. The summed E-state index contributed by atoms with van der Waals surface area (Å²) in [5, 5.41) is 10.6. The topological polar surface area (TPSA) is 75.9 Å². The summed E-state index contributed by atoms with van der Waals surface area (Å²) in [5.41, 5.74) is 3.63. The molecule has 5 rings (SSSR count). The Hall–Kier alpha value is -3.23. The fraction of sp³-hybridized carbons (Fsp3) is 0.333. The summed E-state index contributed by atoms with van der Waals surface area (Å²) in [7, 11) is 1.54. The number of hydrogen-bond donors (Lipinski definition) is 0. The minimum Gasteiger partial charge on any atom is -0.375 e.